The highest BCUT2D eigenvalue weighted by Gasteiger charge is 2.45. The van der Waals surface area contributed by atoms with Crippen LogP contribution in [-0.2, 0) is 4.79 Å². The summed E-state index contributed by atoms with van der Waals surface area (Å²) in [7, 11) is 0. The number of carbonyl (C=O) groups is 1. The van der Waals surface area contributed by atoms with Gasteiger partial charge in [-0.1, -0.05) is 6.92 Å². The van der Waals surface area contributed by atoms with E-state index in [0.29, 0.717) is 29.8 Å². The third kappa shape index (κ3) is 3.88. The van der Waals surface area contributed by atoms with Gasteiger partial charge in [-0.3, -0.25) is 4.79 Å². The van der Waals surface area contributed by atoms with Gasteiger partial charge in [0.05, 0.1) is 11.7 Å². The molecule has 4 fully saturated rings. The fourth-order valence-electron chi connectivity index (χ4n) is 7.04. The fourth-order valence-corrected chi connectivity index (χ4v) is 7.04. The molecule has 184 valence electrons. The lowest BCUT2D eigenvalue weighted by molar-refractivity contribution is -0.141. The highest BCUT2D eigenvalue weighted by Crippen LogP contribution is 2.42. The molecule has 1 amide bonds. The van der Waals surface area contributed by atoms with Crippen molar-refractivity contribution in [2.45, 2.75) is 83.0 Å². The Balaban J connectivity index is 1.21. The first-order chi connectivity index (χ1) is 16.5. The second-order valence-electron chi connectivity index (χ2n) is 11.3. The van der Waals surface area contributed by atoms with Crippen molar-refractivity contribution in [3.8, 4) is 0 Å². The molecule has 5 unspecified atom stereocenters. The van der Waals surface area contributed by atoms with Gasteiger partial charge in [0.15, 0.2) is 5.65 Å². The van der Waals surface area contributed by atoms with Crippen LogP contribution in [0.25, 0.3) is 5.65 Å². The molecular weight excluding hydrogens is 426 g/mol. The number of nitrogens with zero attached hydrogens (tertiary/aromatic N) is 5. The maximum atomic E-state index is 13.8. The zero-order valence-corrected chi connectivity index (χ0v) is 20.6. The van der Waals surface area contributed by atoms with E-state index < -0.39 is 0 Å². The smallest absolute Gasteiger partial charge is 0.226 e. The number of nitrogens with one attached hydrogen (secondary N) is 1. The molecule has 0 spiro atoms. The highest BCUT2D eigenvalue weighted by molar-refractivity contribution is 5.79. The van der Waals surface area contributed by atoms with Gasteiger partial charge in [0.25, 0.3) is 0 Å². The van der Waals surface area contributed by atoms with Crippen molar-refractivity contribution in [2.75, 3.05) is 24.5 Å². The molecule has 0 aromatic carbocycles. The lowest BCUT2D eigenvalue weighted by Gasteiger charge is -2.40. The van der Waals surface area contributed by atoms with Crippen LogP contribution in [-0.4, -0.2) is 63.2 Å². The third-order valence-corrected chi connectivity index (χ3v) is 9.19. The van der Waals surface area contributed by atoms with Gasteiger partial charge < -0.3 is 20.9 Å². The predicted molar refractivity (Wildman–Crippen MR) is 132 cm³/mol. The van der Waals surface area contributed by atoms with Crippen LogP contribution in [0.1, 0.15) is 70.5 Å². The van der Waals surface area contributed by atoms with Gasteiger partial charge in [-0.25, -0.2) is 9.50 Å². The molecule has 8 nitrogen and oxygen atoms in total. The van der Waals surface area contributed by atoms with Gasteiger partial charge in [-0.2, -0.15) is 5.10 Å². The molecule has 2 aromatic rings. The number of amides is 1. The molecule has 7 atom stereocenters. The summed E-state index contributed by atoms with van der Waals surface area (Å²) in [5, 5.41) is 8.65. The quantitative estimate of drug-likeness (QED) is 0.724. The zero-order chi connectivity index (χ0) is 23.4. The summed E-state index contributed by atoms with van der Waals surface area (Å²) in [4.78, 5) is 23.1. The Kier molecular flexibility index (Phi) is 5.76. The van der Waals surface area contributed by atoms with Crippen molar-refractivity contribution in [3.63, 3.8) is 0 Å². The van der Waals surface area contributed by atoms with Gasteiger partial charge in [0, 0.05) is 55.9 Å². The third-order valence-electron chi connectivity index (χ3n) is 9.19. The number of rotatable bonds is 3. The normalized spacial score (nSPS) is 36.3. The number of hydrogen-bond acceptors (Lipinski definition) is 6. The Bertz CT molecular complexity index is 1050. The Hall–Kier alpha value is -2.19. The van der Waals surface area contributed by atoms with Gasteiger partial charge in [-0.15, -0.1) is 0 Å². The van der Waals surface area contributed by atoms with Gasteiger partial charge in [0.1, 0.15) is 5.82 Å². The van der Waals surface area contributed by atoms with Crippen LogP contribution in [0.3, 0.4) is 0 Å². The standard InChI is InChI=1S/C26H39N7O/c1-16-17(2)28-21-7-6-18(13-20(16)21)26(34)32-10-4-3-5-23(32)22-14-25-29-24(9-12-33(25)30-22)31-11-8-19(27)15-31/h9,12,14,16-21,23,28H,3-8,10-11,13,15,27H2,1-2H3/t16?,17?,18?,19-,20?,21?,23-/m0/s1. The predicted octanol–water partition coefficient (Wildman–Crippen LogP) is 2.73. The number of aromatic nitrogens is 3. The van der Waals surface area contributed by atoms with Crippen LogP contribution >= 0.6 is 0 Å². The fraction of sp³-hybridized carbons (Fsp3) is 0.731. The largest absolute Gasteiger partial charge is 0.355 e. The molecule has 5 heterocycles. The maximum Gasteiger partial charge on any atom is 0.226 e. The Morgan fingerprint density at radius 1 is 1.15 bits per heavy atom. The monoisotopic (exact) mass is 465 g/mol. The van der Waals surface area contributed by atoms with Crippen molar-refractivity contribution < 1.29 is 4.79 Å². The van der Waals surface area contributed by atoms with Crippen molar-refractivity contribution in [3.05, 3.63) is 24.0 Å². The van der Waals surface area contributed by atoms with Crippen LogP contribution in [0, 0.1) is 17.8 Å². The lowest BCUT2D eigenvalue weighted by atomic mass is 9.73. The van der Waals surface area contributed by atoms with Gasteiger partial charge >= 0.3 is 0 Å². The Morgan fingerprint density at radius 2 is 2.03 bits per heavy atom. The minimum Gasteiger partial charge on any atom is -0.355 e. The second kappa shape index (κ2) is 8.79. The van der Waals surface area contributed by atoms with E-state index in [-0.39, 0.29) is 18.0 Å². The summed E-state index contributed by atoms with van der Waals surface area (Å²) < 4.78 is 1.87. The molecular formula is C26H39N7O. The van der Waals surface area contributed by atoms with Crippen LogP contribution in [0.4, 0.5) is 5.82 Å². The average molecular weight is 466 g/mol. The van der Waals surface area contributed by atoms with Crippen molar-refractivity contribution >= 4 is 17.4 Å². The number of piperidine rings is 1. The summed E-state index contributed by atoms with van der Waals surface area (Å²) in [6.45, 7) is 7.29. The summed E-state index contributed by atoms with van der Waals surface area (Å²) in [5.41, 5.74) is 7.93. The van der Waals surface area contributed by atoms with E-state index in [1.807, 2.05) is 16.8 Å². The number of anilines is 1. The molecule has 6 rings (SSSR count). The number of likely N-dealkylation sites (tertiary alicyclic amines) is 1. The van der Waals surface area contributed by atoms with E-state index in [0.717, 1.165) is 81.7 Å². The highest BCUT2D eigenvalue weighted by atomic mass is 16.2. The van der Waals surface area contributed by atoms with Gasteiger partial charge in [-0.05, 0) is 69.8 Å². The minimum absolute atomic E-state index is 0.0578. The topological polar surface area (TPSA) is 91.8 Å². The average Bonchev–Trinajstić information content (AvgIpc) is 3.55. The summed E-state index contributed by atoms with van der Waals surface area (Å²) in [5.74, 6) is 2.73. The first-order valence-corrected chi connectivity index (χ1v) is 13.4. The van der Waals surface area contributed by atoms with E-state index in [4.69, 9.17) is 15.8 Å². The maximum absolute atomic E-state index is 13.8. The van der Waals surface area contributed by atoms with E-state index in [1.54, 1.807) is 0 Å². The molecule has 3 N–H and O–H groups in total. The lowest BCUT2D eigenvalue weighted by Crippen LogP contribution is -2.45. The number of carbonyl (C=O) groups excluding carboxylic acids is 1. The van der Waals surface area contributed by atoms with Crippen molar-refractivity contribution in [1.82, 2.24) is 24.8 Å². The van der Waals surface area contributed by atoms with Crippen molar-refractivity contribution in [2.24, 2.45) is 23.5 Å². The van der Waals surface area contributed by atoms with Crippen LogP contribution < -0.4 is 16.0 Å². The molecule has 1 aliphatic carbocycles. The molecule has 2 aromatic heterocycles. The van der Waals surface area contributed by atoms with E-state index in [9.17, 15) is 4.79 Å². The molecule has 4 aliphatic rings. The van der Waals surface area contributed by atoms with Crippen LogP contribution in [0.5, 0.6) is 0 Å². The first-order valence-electron chi connectivity index (χ1n) is 13.4. The van der Waals surface area contributed by atoms with Crippen LogP contribution in [0.15, 0.2) is 18.3 Å². The molecule has 3 aliphatic heterocycles. The zero-order valence-electron chi connectivity index (χ0n) is 20.6. The van der Waals surface area contributed by atoms with E-state index >= 15 is 0 Å². The van der Waals surface area contributed by atoms with Crippen molar-refractivity contribution in [1.29, 1.82) is 0 Å². The first kappa shape index (κ1) is 22.3. The second-order valence-corrected chi connectivity index (χ2v) is 11.3. The molecule has 34 heavy (non-hydrogen) atoms. The molecule has 3 saturated heterocycles. The summed E-state index contributed by atoms with van der Waals surface area (Å²) in [6, 6.07) is 5.55. The van der Waals surface area contributed by atoms with Crippen LogP contribution in [0.2, 0.25) is 0 Å². The number of hydrogen-bond donors (Lipinski definition) is 2. The van der Waals surface area contributed by atoms with E-state index in [2.05, 4.69) is 35.0 Å². The summed E-state index contributed by atoms with van der Waals surface area (Å²) >= 11 is 0. The summed E-state index contributed by atoms with van der Waals surface area (Å²) in [6.07, 6.45) is 9.36. The SMILES string of the molecule is CC1NC2CCC(C(=O)N3CCCC[C@H]3c3cc4nc(N5CC[C@H](N)C5)ccn4n3)CC2C1C. The Labute approximate surface area is 202 Å². The Morgan fingerprint density at radius 3 is 2.85 bits per heavy atom. The molecule has 0 radical (unpaired) electrons. The molecule has 8 heteroatoms. The van der Waals surface area contributed by atoms with Gasteiger partial charge in [0.2, 0.25) is 5.91 Å². The molecule has 1 saturated carbocycles. The van der Waals surface area contributed by atoms with E-state index in [1.165, 1.54) is 0 Å². The number of fused-ring (bicyclic) bond motifs is 2. The molecule has 0 bridgehead atoms. The minimum atomic E-state index is 0.0578. The number of nitrogens with two attached hydrogens (primary N) is 1.